The zero-order valence-corrected chi connectivity index (χ0v) is 14.5. The average molecular weight is 301 g/mol. The summed E-state index contributed by atoms with van der Waals surface area (Å²) in [4.78, 5) is 14.3. The third kappa shape index (κ3) is 6.04. The fraction of sp³-hybridized carbons (Fsp3) is 0.938. The number of rotatable bonds is 8. The maximum atomic E-state index is 12.4. The van der Waals surface area contributed by atoms with Crippen LogP contribution in [0, 0.1) is 11.8 Å². The molecule has 0 bridgehead atoms. The predicted molar refractivity (Wildman–Crippen MR) is 89.2 cm³/mol. The van der Waals surface area contributed by atoms with E-state index < -0.39 is 0 Å². The number of piperidine rings is 1. The van der Waals surface area contributed by atoms with Crippen molar-refractivity contribution in [1.82, 2.24) is 10.2 Å². The Hall–Kier alpha value is -0.220. The van der Waals surface area contributed by atoms with E-state index in [0.29, 0.717) is 30.2 Å². The first-order valence-electron chi connectivity index (χ1n) is 8.10. The Morgan fingerprint density at radius 1 is 1.45 bits per heavy atom. The topological polar surface area (TPSA) is 32.3 Å². The molecule has 1 amide bonds. The Morgan fingerprint density at radius 2 is 2.20 bits per heavy atom. The summed E-state index contributed by atoms with van der Waals surface area (Å²) < 4.78 is 0. The normalized spacial score (nSPS) is 22.3. The summed E-state index contributed by atoms with van der Waals surface area (Å²) in [6, 6.07) is 0.359. The van der Waals surface area contributed by atoms with Gasteiger partial charge in [0, 0.05) is 19.5 Å². The molecule has 3 nitrogen and oxygen atoms in total. The molecule has 3 unspecified atom stereocenters. The number of carbonyl (C=O) groups is 1. The van der Waals surface area contributed by atoms with Gasteiger partial charge in [0.15, 0.2) is 0 Å². The lowest BCUT2D eigenvalue weighted by Gasteiger charge is -2.31. The van der Waals surface area contributed by atoms with E-state index in [1.807, 2.05) is 23.7 Å². The molecule has 1 fully saturated rings. The molecule has 0 aromatic carbocycles. The fourth-order valence-corrected chi connectivity index (χ4v) is 3.58. The van der Waals surface area contributed by atoms with Crippen molar-refractivity contribution >= 4 is 17.7 Å². The molecular weight excluding hydrogens is 268 g/mol. The van der Waals surface area contributed by atoms with Gasteiger partial charge in [0.25, 0.3) is 0 Å². The van der Waals surface area contributed by atoms with E-state index in [2.05, 4.69) is 26.1 Å². The van der Waals surface area contributed by atoms with Crippen molar-refractivity contribution in [2.45, 2.75) is 52.5 Å². The Labute approximate surface area is 129 Å². The predicted octanol–water partition coefficient (Wildman–Crippen LogP) is 3.00. The second-order valence-corrected chi connectivity index (χ2v) is 7.52. The highest BCUT2D eigenvalue weighted by atomic mass is 32.2. The lowest BCUT2D eigenvalue weighted by atomic mass is 9.85. The standard InChI is InChI=1S/C16H32N2OS/c1-5-20-10-8-14(3)18(4)16(19)11-13(2)15-7-6-9-17-12-15/h13-15,17H,5-12H2,1-4H3. The maximum Gasteiger partial charge on any atom is 0.222 e. The van der Waals surface area contributed by atoms with Crippen LogP contribution in [0.5, 0.6) is 0 Å². The van der Waals surface area contributed by atoms with Crippen LogP contribution in [0.4, 0.5) is 0 Å². The smallest absolute Gasteiger partial charge is 0.222 e. The molecule has 1 aliphatic rings. The Kier molecular flexibility index (Phi) is 8.62. The van der Waals surface area contributed by atoms with Crippen molar-refractivity contribution in [3.8, 4) is 0 Å². The average Bonchev–Trinajstić information content (AvgIpc) is 2.47. The summed E-state index contributed by atoms with van der Waals surface area (Å²) in [6.45, 7) is 8.82. The van der Waals surface area contributed by atoms with Gasteiger partial charge in [-0.25, -0.2) is 0 Å². The van der Waals surface area contributed by atoms with E-state index in [9.17, 15) is 4.79 Å². The first kappa shape index (κ1) is 17.8. The zero-order valence-electron chi connectivity index (χ0n) is 13.7. The third-order valence-corrected chi connectivity index (χ3v) is 5.51. The summed E-state index contributed by atoms with van der Waals surface area (Å²) in [5.41, 5.74) is 0. The summed E-state index contributed by atoms with van der Waals surface area (Å²) >= 11 is 1.96. The third-order valence-electron chi connectivity index (χ3n) is 4.57. The molecule has 0 spiro atoms. The molecule has 3 atom stereocenters. The van der Waals surface area contributed by atoms with Gasteiger partial charge in [-0.2, -0.15) is 11.8 Å². The largest absolute Gasteiger partial charge is 0.343 e. The van der Waals surface area contributed by atoms with Crippen molar-refractivity contribution in [2.75, 3.05) is 31.6 Å². The number of hydrogen-bond donors (Lipinski definition) is 1. The number of hydrogen-bond acceptors (Lipinski definition) is 3. The van der Waals surface area contributed by atoms with Crippen molar-refractivity contribution in [3.05, 3.63) is 0 Å². The highest BCUT2D eigenvalue weighted by Crippen LogP contribution is 2.23. The van der Waals surface area contributed by atoms with E-state index in [0.717, 1.165) is 31.0 Å². The first-order valence-corrected chi connectivity index (χ1v) is 9.25. The summed E-state index contributed by atoms with van der Waals surface area (Å²) in [6.07, 6.45) is 4.33. The first-order chi connectivity index (χ1) is 9.56. The molecule has 1 saturated heterocycles. The van der Waals surface area contributed by atoms with Gasteiger partial charge < -0.3 is 10.2 Å². The molecule has 20 heavy (non-hydrogen) atoms. The Morgan fingerprint density at radius 3 is 2.80 bits per heavy atom. The van der Waals surface area contributed by atoms with Crippen LogP contribution in [0.3, 0.4) is 0 Å². The van der Waals surface area contributed by atoms with E-state index >= 15 is 0 Å². The number of nitrogens with one attached hydrogen (secondary N) is 1. The molecule has 1 aliphatic heterocycles. The van der Waals surface area contributed by atoms with Crippen molar-refractivity contribution in [2.24, 2.45) is 11.8 Å². The minimum Gasteiger partial charge on any atom is -0.343 e. The molecule has 0 aromatic rings. The van der Waals surface area contributed by atoms with E-state index in [1.54, 1.807) is 0 Å². The lowest BCUT2D eigenvalue weighted by Crippen LogP contribution is -2.39. The number of thioether (sulfide) groups is 1. The highest BCUT2D eigenvalue weighted by molar-refractivity contribution is 7.99. The van der Waals surface area contributed by atoms with E-state index in [4.69, 9.17) is 0 Å². The van der Waals surface area contributed by atoms with E-state index in [1.165, 1.54) is 12.8 Å². The van der Waals surface area contributed by atoms with Crippen LogP contribution in [-0.2, 0) is 4.79 Å². The number of carbonyl (C=O) groups excluding carboxylic acids is 1. The second kappa shape index (κ2) is 9.67. The Bertz CT molecular complexity index is 280. The molecule has 4 heteroatoms. The molecule has 0 aliphatic carbocycles. The molecule has 118 valence electrons. The summed E-state index contributed by atoms with van der Waals surface area (Å²) in [5.74, 6) is 3.80. The van der Waals surface area contributed by atoms with Crippen LogP contribution >= 0.6 is 11.8 Å². The molecule has 0 radical (unpaired) electrons. The molecule has 1 rings (SSSR count). The van der Waals surface area contributed by atoms with Crippen LogP contribution < -0.4 is 5.32 Å². The molecular formula is C16H32N2OS. The van der Waals surface area contributed by atoms with E-state index in [-0.39, 0.29) is 0 Å². The highest BCUT2D eigenvalue weighted by Gasteiger charge is 2.24. The maximum absolute atomic E-state index is 12.4. The van der Waals surface area contributed by atoms with Gasteiger partial charge in [0.05, 0.1) is 0 Å². The number of amides is 1. The van der Waals surface area contributed by atoms with Crippen molar-refractivity contribution in [1.29, 1.82) is 0 Å². The van der Waals surface area contributed by atoms with Crippen LogP contribution in [0.15, 0.2) is 0 Å². The summed E-state index contributed by atoms with van der Waals surface area (Å²) in [5, 5.41) is 3.45. The summed E-state index contributed by atoms with van der Waals surface area (Å²) in [7, 11) is 1.97. The quantitative estimate of drug-likeness (QED) is 0.699. The molecule has 0 saturated carbocycles. The molecule has 1 heterocycles. The van der Waals surface area contributed by atoms with Crippen LogP contribution in [-0.4, -0.2) is 48.5 Å². The van der Waals surface area contributed by atoms with Gasteiger partial charge >= 0.3 is 0 Å². The minimum atomic E-state index is 0.317. The lowest BCUT2D eigenvalue weighted by molar-refractivity contribution is -0.133. The van der Waals surface area contributed by atoms with Crippen LogP contribution in [0.2, 0.25) is 0 Å². The van der Waals surface area contributed by atoms with Crippen LogP contribution in [0.25, 0.3) is 0 Å². The van der Waals surface area contributed by atoms with Gasteiger partial charge in [-0.15, -0.1) is 0 Å². The van der Waals surface area contributed by atoms with Gasteiger partial charge in [-0.1, -0.05) is 13.8 Å². The molecule has 1 N–H and O–H groups in total. The zero-order chi connectivity index (χ0) is 15.0. The SMILES string of the molecule is CCSCCC(C)N(C)C(=O)CC(C)C1CCCNC1. The van der Waals surface area contributed by atoms with Crippen molar-refractivity contribution in [3.63, 3.8) is 0 Å². The molecule has 0 aromatic heterocycles. The van der Waals surface area contributed by atoms with Gasteiger partial charge in [-0.3, -0.25) is 4.79 Å². The van der Waals surface area contributed by atoms with Gasteiger partial charge in [0.2, 0.25) is 5.91 Å². The number of nitrogens with zero attached hydrogens (tertiary/aromatic N) is 1. The van der Waals surface area contributed by atoms with Gasteiger partial charge in [-0.05, 0) is 62.6 Å². The Balaban J connectivity index is 2.32. The van der Waals surface area contributed by atoms with Crippen molar-refractivity contribution < 1.29 is 4.79 Å². The monoisotopic (exact) mass is 300 g/mol. The second-order valence-electron chi connectivity index (χ2n) is 6.13. The fourth-order valence-electron chi connectivity index (χ4n) is 2.79. The minimum absolute atomic E-state index is 0.317. The van der Waals surface area contributed by atoms with Gasteiger partial charge in [0.1, 0.15) is 0 Å². The van der Waals surface area contributed by atoms with Crippen LogP contribution in [0.1, 0.15) is 46.5 Å².